The van der Waals surface area contributed by atoms with Crippen LogP contribution in [0.3, 0.4) is 0 Å². The van der Waals surface area contributed by atoms with Crippen LogP contribution >= 0.6 is 0 Å². The molecule has 0 aliphatic heterocycles. The molecule has 2 rings (SSSR count). The highest BCUT2D eigenvalue weighted by molar-refractivity contribution is 5.24. The van der Waals surface area contributed by atoms with Crippen LogP contribution in [0, 0.1) is 5.41 Å². The summed E-state index contributed by atoms with van der Waals surface area (Å²) in [7, 11) is 0. The van der Waals surface area contributed by atoms with Crippen molar-refractivity contribution in [1.82, 2.24) is 0 Å². The topological polar surface area (TPSA) is 0 Å². The smallest absolute Gasteiger partial charge is 0.00874 e. The average Bonchev–Trinajstić information content (AvgIpc) is 2.45. The summed E-state index contributed by atoms with van der Waals surface area (Å²) >= 11 is 0. The van der Waals surface area contributed by atoms with Crippen LogP contribution in [0.15, 0.2) is 11.6 Å². The van der Waals surface area contributed by atoms with Crippen LogP contribution in [0.25, 0.3) is 0 Å². The number of rotatable bonds is 0. The van der Waals surface area contributed by atoms with Gasteiger partial charge in [-0.2, -0.15) is 0 Å². The molecule has 0 radical (unpaired) electrons. The second-order valence-electron chi connectivity index (χ2n) is 3.45. The van der Waals surface area contributed by atoms with Crippen molar-refractivity contribution >= 4 is 0 Å². The molecule has 0 aromatic carbocycles. The van der Waals surface area contributed by atoms with Crippen molar-refractivity contribution in [3.05, 3.63) is 11.6 Å². The third kappa shape index (κ3) is 0.654. The molecule has 0 N–H and O–H groups in total. The van der Waals surface area contributed by atoms with E-state index < -0.39 is 0 Å². The third-order valence-electron chi connectivity index (χ3n) is 2.98. The zero-order chi connectivity index (χ0) is 6.32. The Hall–Kier alpha value is -0.260. The molecule has 0 bridgehead atoms. The second-order valence-corrected chi connectivity index (χ2v) is 3.45. The Labute approximate surface area is 57.0 Å². The van der Waals surface area contributed by atoms with E-state index in [1.165, 1.54) is 32.1 Å². The van der Waals surface area contributed by atoms with Gasteiger partial charge >= 0.3 is 0 Å². The average molecular weight is 122 g/mol. The Morgan fingerprint density at radius 3 is 2.56 bits per heavy atom. The Balaban J connectivity index is 2.23. The zero-order valence-corrected chi connectivity index (χ0v) is 6.11. The third-order valence-corrected chi connectivity index (χ3v) is 2.98. The van der Waals surface area contributed by atoms with Gasteiger partial charge in [-0.25, -0.2) is 0 Å². The standard InChI is InChI=1S/C9H14/c1-2-8-4-3-5-9(8)6-7-9/h2H,3-7H2,1H3/b8-2+. The molecule has 0 heterocycles. The highest BCUT2D eigenvalue weighted by atomic mass is 14.5. The molecule has 0 amide bonds. The van der Waals surface area contributed by atoms with E-state index in [1.54, 1.807) is 5.57 Å². The van der Waals surface area contributed by atoms with Crippen LogP contribution in [0.1, 0.15) is 39.0 Å². The zero-order valence-electron chi connectivity index (χ0n) is 6.11. The molecule has 0 aromatic heterocycles. The van der Waals surface area contributed by atoms with Crippen LogP contribution < -0.4 is 0 Å². The lowest BCUT2D eigenvalue weighted by atomic mass is 10.00. The predicted molar refractivity (Wildman–Crippen MR) is 39.3 cm³/mol. The SMILES string of the molecule is C/C=C1\CCCC12CC2. The van der Waals surface area contributed by atoms with Gasteiger partial charge in [-0.05, 0) is 44.4 Å². The number of hydrogen-bond donors (Lipinski definition) is 0. The normalized spacial score (nSPS) is 34.1. The van der Waals surface area contributed by atoms with Gasteiger partial charge in [-0.3, -0.25) is 0 Å². The Morgan fingerprint density at radius 2 is 2.11 bits per heavy atom. The second kappa shape index (κ2) is 1.62. The van der Waals surface area contributed by atoms with Crippen LogP contribution in [0.5, 0.6) is 0 Å². The summed E-state index contributed by atoms with van der Waals surface area (Å²) in [5.41, 5.74) is 2.54. The van der Waals surface area contributed by atoms with Gasteiger partial charge in [0.1, 0.15) is 0 Å². The van der Waals surface area contributed by atoms with E-state index in [0.717, 1.165) is 5.41 Å². The fourth-order valence-corrected chi connectivity index (χ4v) is 2.22. The summed E-state index contributed by atoms with van der Waals surface area (Å²) in [6, 6.07) is 0. The highest BCUT2D eigenvalue weighted by Crippen LogP contribution is 2.60. The highest BCUT2D eigenvalue weighted by Gasteiger charge is 2.47. The maximum atomic E-state index is 2.35. The predicted octanol–water partition coefficient (Wildman–Crippen LogP) is 2.90. The van der Waals surface area contributed by atoms with Crippen molar-refractivity contribution in [3.8, 4) is 0 Å². The summed E-state index contributed by atoms with van der Waals surface area (Å²) < 4.78 is 0. The maximum Gasteiger partial charge on any atom is -0.00874 e. The Kier molecular flexibility index (Phi) is 0.992. The fourth-order valence-electron chi connectivity index (χ4n) is 2.22. The van der Waals surface area contributed by atoms with E-state index in [4.69, 9.17) is 0 Å². The molecule has 0 heteroatoms. The molecule has 0 aromatic rings. The maximum absolute atomic E-state index is 2.35. The van der Waals surface area contributed by atoms with Gasteiger partial charge in [0, 0.05) is 0 Å². The van der Waals surface area contributed by atoms with E-state index >= 15 is 0 Å². The molecule has 0 atom stereocenters. The van der Waals surface area contributed by atoms with Gasteiger partial charge in [0.25, 0.3) is 0 Å². The van der Waals surface area contributed by atoms with Gasteiger partial charge in [0.2, 0.25) is 0 Å². The minimum absolute atomic E-state index is 0.773. The first kappa shape index (κ1) is 5.52. The van der Waals surface area contributed by atoms with Gasteiger partial charge < -0.3 is 0 Å². The first-order valence-electron chi connectivity index (χ1n) is 4.03. The Morgan fingerprint density at radius 1 is 1.33 bits per heavy atom. The molecule has 9 heavy (non-hydrogen) atoms. The molecular weight excluding hydrogens is 108 g/mol. The quantitative estimate of drug-likeness (QED) is 0.433. The lowest BCUT2D eigenvalue weighted by Gasteiger charge is -2.05. The lowest BCUT2D eigenvalue weighted by Crippen LogP contribution is -1.92. The monoisotopic (exact) mass is 122 g/mol. The number of hydrogen-bond acceptors (Lipinski definition) is 0. The summed E-state index contributed by atoms with van der Waals surface area (Å²) in [6.45, 7) is 2.20. The van der Waals surface area contributed by atoms with Crippen molar-refractivity contribution in [2.24, 2.45) is 5.41 Å². The van der Waals surface area contributed by atoms with Crippen LogP contribution in [0.4, 0.5) is 0 Å². The largest absolute Gasteiger partial charge is 0.0879 e. The molecule has 2 aliphatic carbocycles. The van der Waals surface area contributed by atoms with Crippen LogP contribution in [-0.4, -0.2) is 0 Å². The van der Waals surface area contributed by atoms with E-state index in [-0.39, 0.29) is 0 Å². The van der Waals surface area contributed by atoms with Crippen LogP contribution in [-0.2, 0) is 0 Å². The summed E-state index contributed by atoms with van der Waals surface area (Å²) in [5, 5.41) is 0. The van der Waals surface area contributed by atoms with E-state index in [2.05, 4.69) is 13.0 Å². The Bertz CT molecular complexity index is 149. The molecular formula is C9H14. The summed E-state index contributed by atoms with van der Waals surface area (Å²) in [4.78, 5) is 0. The van der Waals surface area contributed by atoms with Crippen molar-refractivity contribution in [3.63, 3.8) is 0 Å². The van der Waals surface area contributed by atoms with Gasteiger partial charge in [-0.15, -0.1) is 0 Å². The molecule has 2 saturated carbocycles. The summed E-state index contributed by atoms with van der Waals surface area (Å²) in [5.74, 6) is 0. The molecule has 0 nitrogen and oxygen atoms in total. The summed E-state index contributed by atoms with van der Waals surface area (Å²) in [6.07, 6.45) is 9.68. The minimum atomic E-state index is 0.773. The van der Waals surface area contributed by atoms with Crippen molar-refractivity contribution < 1.29 is 0 Å². The first-order chi connectivity index (χ1) is 4.37. The van der Waals surface area contributed by atoms with Crippen molar-refractivity contribution in [2.45, 2.75) is 39.0 Å². The van der Waals surface area contributed by atoms with E-state index in [0.29, 0.717) is 0 Å². The van der Waals surface area contributed by atoms with Gasteiger partial charge in [-0.1, -0.05) is 11.6 Å². The van der Waals surface area contributed by atoms with Crippen molar-refractivity contribution in [2.75, 3.05) is 0 Å². The molecule has 2 fully saturated rings. The van der Waals surface area contributed by atoms with Gasteiger partial charge in [0.05, 0.1) is 0 Å². The molecule has 2 aliphatic rings. The van der Waals surface area contributed by atoms with Crippen LogP contribution in [0.2, 0.25) is 0 Å². The van der Waals surface area contributed by atoms with E-state index in [1.807, 2.05) is 0 Å². The molecule has 0 saturated heterocycles. The van der Waals surface area contributed by atoms with Gasteiger partial charge in [0.15, 0.2) is 0 Å². The first-order valence-corrected chi connectivity index (χ1v) is 4.03. The number of allylic oxidation sites excluding steroid dienone is 2. The molecule has 50 valence electrons. The lowest BCUT2D eigenvalue weighted by molar-refractivity contribution is 0.624. The fraction of sp³-hybridized carbons (Fsp3) is 0.778. The van der Waals surface area contributed by atoms with E-state index in [9.17, 15) is 0 Å². The molecule has 1 spiro atoms. The molecule has 0 unspecified atom stereocenters. The minimum Gasteiger partial charge on any atom is -0.0879 e. The van der Waals surface area contributed by atoms with Crippen molar-refractivity contribution in [1.29, 1.82) is 0 Å².